The van der Waals surface area contributed by atoms with Crippen molar-refractivity contribution in [2.75, 3.05) is 0 Å². The van der Waals surface area contributed by atoms with Gasteiger partial charge < -0.3 is 38.6 Å². The molecule has 0 saturated carbocycles. The van der Waals surface area contributed by atoms with Gasteiger partial charge in [-0.3, -0.25) is 0 Å². The number of carbonyl (C=O) groups excluding carboxylic acids is 3. The molecular formula is C51H80BrMgN3O9S3. The molecule has 0 fully saturated rings. The summed E-state index contributed by atoms with van der Waals surface area (Å²) in [5.74, 6) is -1.03. The number of hydrogen-bond donors (Lipinski definition) is 2. The number of nitrogens with one attached hydrogen (secondary N) is 2. The van der Waals surface area contributed by atoms with Gasteiger partial charge in [0, 0.05) is 18.3 Å². The van der Waals surface area contributed by atoms with Crippen molar-refractivity contribution in [2.24, 2.45) is 4.40 Å². The Morgan fingerprint density at radius 2 is 0.735 bits per heavy atom. The van der Waals surface area contributed by atoms with Crippen molar-refractivity contribution in [1.29, 1.82) is 0 Å². The molecule has 0 unspecified atom stereocenters. The molecule has 0 bridgehead atoms. The molecule has 0 saturated heterocycles. The molecule has 380 valence electrons. The van der Waals surface area contributed by atoms with E-state index in [2.05, 4.69) is 13.8 Å². The van der Waals surface area contributed by atoms with Gasteiger partial charge in [-0.2, -0.15) is 4.40 Å². The van der Waals surface area contributed by atoms with Crippen LogP contribution in [0.3, 0.4) is 0 Å². The molecule has 68 heavy (non-hydrogen) atoms. The van der Waals surface area contributed by atoms with E-state index >= 15 is 0 Å². The van der Waals surface area contributed by atoms with Crippen LogP contribution < -0.4 is 26.4 Å². The maximum Gasteiger partial charge on any atom is 2.00 e. The third-order valence-corrected chi connectivity index (χ3v) is 12.8. The topological polar surface area (TPSA) is 167 Å². The fraction of sp³-hybridized carbons (Fsp3) is 0.549. The molecule has 0 aliphatic heterocycles. The molecule has 0 aliphatic rings. The number of rotatable bonds is 11. The summed E-state index contributed by atoms with van der Waals surface area (Å²) in [5, 5.41) is 0. The summed E-state index contributed by atoms with van der Waals surface area (Å²) in [7, 11) is -3.56. The van der Waals surface area contributed by atoms with Crippen molar-refractivity contribution in [3.8, 4) is 0 Å². The van der Waals surface area contributed by atoms with Gasteiger partial charge >= 0.3 is 41.0 Å². The maximum absolute atomic E-state index is 12.1. The second-order valence-electron chi connectivity index (χ2n) is 21.4. The minimum absolute atomic E-state index is 0. The van der Waals surface area contributed by atoms with Crippen LogP contribution in [0.2, 0.25) is 0 Å². The van der Waals surface area contributed by atoms with E-state index in [1.165, 1.54) is 0 Å². The first-order valence-electron chi connectivity index (χ1n) is 21.6. The van der Waals surface area contributed by atoms with Crippen LogP contribution in [0.15, 0.2) is 77.2 Å². The third kappa shape index (κ3) is 28.3. The van der Waals surface area contributed by atoms with Crippen molar-refractivity contribution < 1.29 is 58.2 Å². The van der Waals surface area contributed by atoms with Gasteiger partial charge in [0.1, 0.15) is 27.8 Å². The summed E-state index contributed by atoms with van der Waals surface area (Å²) in [5.41, 5.74) is 2.74. The molecule has 17 heteroatoms. The summed E-state index contributed by atoms with van der Waals surface area (Å²) in [6.07, 6.45) is 1.56. The second-order valence-corrected chi connectivity index (χ2v) is 27.3. The molecule has 3 aromatic carbocycles. The van der Waals surface area contributed by atoms with Crippen molar-refractivity contribution in [3.05, 3.63) is 114 Å². The standard InChI is InChI=1S/2C17H27NO3S.C16H23NO3S.CH3.BrH.Mg/c2*1-12(18-22(20)17(5,6)7)13-8-10-14(11-9-13)15(19)21-16(2,3)4;1-15(2,3)20-14(18)13-9-7-12(8-10-13)11-17-21(19)16(4,5)6;;;/h2*8-12,18H,1-7H3;7-11H,1-6H3;1H3;1H;/q;;;-1;;+2/p-1/t12-,22+;12-,22-;21-;;;/m100.../s1. The van der Waals surface area contributed by atoms with Gasteiger partial charge in [0.15, 0.2) is 0 Å². The van der Waals surface area contributed by atoms with Crippen molar-refractivity contribution in [3.63, 3.8) is 0 Å². The fourth-order valence-electron chi connectivity index (χ4n) is 4.61. The molecule has 0 heterocycles. The molecule has 3 rings (SSSR count). The van der Waals surface area contributed by atoms with Gasteiger partial charge in [-0.05, 0) is 192 Å². The summed E-state index contributed by atoms with van der Waals surface area (Å²) in [6.45, 7) is 37.6. The number of esters is 3. The Morgan fingerprint density at radius 3 is 0.956 bits per heavy atom. The van der Waals surface area contributed by atoms with Crippen LogP contribution in [-0.4, -0.2) is 90.8 Å². The number of nitrogens with zero attached hydrogens (tertiary/aromatic N) is 1. The van der Waals surface area contributed by atoms with Gasteiger partial charge in [-0.1, -0.05) is 36.4 Å². The van der Waals surface area contributed by atoms with E-state index in [9.17, 15) is 27.0 Å². The van der Waals surface area contributed by atoms with E-state index in [1.807, 2.05) is 163 Å². The largest absolute Gasteiger partial charge is 2.00 e. The molecule has 0 aromatic heterocycles. The number of benzene rings is 3. The zero-order valence-electron chi connectivity index (χ0n) is 44.6. The Morgan fingerprint density at radius 1 is 0.485 bits per heavy atom. The van der Waals surface area contributed by atoms with Gasteiger partial charge in [0.2, 0.25) is 0 Å². The average molecular weight is 1080 g/mol. The van der Waals surface area contributed by atoms with Crippen LogP contribution >= 0.6 is 0 Å². The van der Waals surface area contributed by atoms with Gasteiger partial charge in [-0.15, -0.1) is 0 Å². The number of ether oxygens (including phenoxy) is 3. The van der Waals surface area contributed by atoms with Crippen LogP contribution in [0.25, 0.3) is 0 Å². The second kappa shape index (κ2) is 29.0. The molecule has 12 nitrogen and oxygen atoms in total. The van der Waals surface area contributed by atoms with Crippen LogP contribution in [0.4, 0.5) is 0 Å². The van der Waals surface area contributed by atoms with E-state index in [0.717, 1.165) is 16.7 Å². The molecule has 0 radical (unpaired) electrons. The maximum atomic E-state index is 12.1. The van der Waals surface area contributed by atoms with E-state index in [-0.39, 0.29) is 91.7 Å². The summed E-state index contributed by atoms with van der Waals surface area (Å²) in [4.78, 5) is 35.8. The molecular weight excluding hydrogens is 999 g/mol. The van der Waals surface area contributed by atoms with Crippen LogP contribution in [-0.2, 0) is 47.2 Å². The minimum atomic E-state index is -1.29. The Bertz CT molecular complexity index is 2030. The quantitative estimate of drug-likeness (QED) is 0.0635. The van der Waals surface area contributed by atoms with Crippen molar-refractivity contribution in [2.45, 2.75) is 182 Å². The molecule has 3 aromatic rings. The normalized spacial score (nSPS) is 14.2. The zero-order chi connectivity index (χ0) is 50.5. The van der Waals surface area contributed by atoms with Crippen molar-refractivity contribution in [1.82, 2.24) is 9.44 Å². The van der Waals surface area contributed by atoms with Crippen LogP contribution in [0, 0.1) is 7.43 Å². The first kappa shape index (κ1) is 69.6. The Kier molecular flexibility index (Phi) is 29.7. The summed E-state index contributed by atoms with van der Waals surface area (Å²) in [6, 6.07) is 21.1. The smallest absolute Gasteiger partial charge is 1.00 e. The van der Waals surface area contributed by atoms with Gasteiger partial charge in [0.05, 0.1) is 52.9 Å². The van der Waals surface area contributed by atoms with E-state index in [4.69, 9.17) is 14.2 Å². The van der Waals surface area contributed by atoms with Crippen LogP contribution in [0.1, 0.15) is 198 Å². The van der Waals surface area contributed by atoms with Crippen molar-refractivity contribution >= 4 is 80.1 Å². The van der Waals surface area contributed by atoms with Crippen LogP contribution in [0.5, 0.6) is 0 Å². The molecule has 5 atom stereocenters. The number of hydrogen-bond acceptors (Lipinski definition) is 9. The number of carbonyl (C=O) groups is 3. The third-order valence-electron chi connectivity index (χ3n) is 8.14. The predicted molar refractivity (Wildman–Crippen MR) is 281 cm³/mol. The number of halogens is 1. The first-order chi connectivity index (χ1) is 29.3. The Labute approximate surface area is 444 Å². The molecule has 0 aliphatic carbocycles. The summed E-state index contributed by atoms with van der Waals surface area (Å²) >= 11 is 0. The monoisotopic (exact) mass is 1080 g/mol. The average Bonchev–Trinajstić information content (AvgIpc) is 3.14. The van der Waals surface area contributed by atoms with E-state index < -0.39 is 49.8 Å². The first-order valence-corrected chi connectivity index (χ1v) is 25.0. The Hall–Kier alpha value is -2.64. The summed E-state index contributed by atoms with van der Waals surface area (Å²) < 4.78 is 61.1. The molecule has 0 spiro atoms. The minimum Gasteiger partial charge on any atom is -1.00 e. The Balaban J connectivity index is -0.000000912. The molecule has 0 amide bonds. The van der Waals surface area contributed by atoms with Gasteiger partial charge in [0.25, 0.3) is 0 Å². The zero-order valence-corrected chi connectivity index (χ0v) is 50.0. The van der Waals surface area contributed by atoms with E-state index in [0.29, 0.717) is 16.7 Å². The molecule has 2 N–H and O–H groups in total. The SMILES string of the molecule is CC(C)(C)OC(=O)c1ccc(C=N[S@@](=O)C(C)(C)C)cc1.C[C@@H](N[S@@](=O)C(C)(C)C)c1ccc(C(=O)OC(C)(C)C)cc1.C[C@H](N[S@@](=O)C(C)(C)C)c1ccc(C(=O)OC(C)(C)C)cc1.[Br-].[CH3-].[Mg+2]. The van der Waals surface area contributed by atoms with Gasteiger partial charge in [-0.25, -0.2) is 36.5 Å². The fourth-order valence-corrected chi connectivity index (χ4v) is 6.76. The predicted octanol–water partition coefficient (Wildman–Crippen LogP) is 8.11. The van der Waals surface area contributed by atoms with E-state index in [1.54, 1.807) is 54.7 Å².